The Kier molecular flexibility index (Phi) is 7.72. The summed E-state index contributed by atoms with van der Waals surface area (Å²) in [6.07, 6.45) is 6.30. The molecule has 0 bridgehead atoms. The number of nitrogens with zero attached hydrogens (tertiary/aromatic N) is 6. The molecule has 42 heavy (non-hydrogen) atoms. The predicted molar refractivity (Wildman–Crippen MR) is 155 cm³/mol. The van der Waals surface area contributed by atoms with E-state index in [9.17, 15) is 17.6 Å². The number of carbonyl (C=O) groups is 1. The third kappa shape index (κ3) is 5.63. The number of benzene rings is 1. The molecule has 12 nitrogen and oxygen atoms in total. The summed E-state index contributed by atoms with van der Waals surface area (Å²) in [7, 11) is -2.96. The summed E-state index contributed by atoms with van der Waals surface area (Å²) in [6, 6.07) is 8.14. The van der Waals surface area contributed by atoms with Gasteiger partial charge >= 0.3 is 10.2 Å². The predicted octanol–water partition coefficient (Wildman–Crippen LogP) is 3.64. The highest BCUT2D eigenvalue weighted by Gasteiger charge is 2.31. The van der Waals surface area contributed by atoms with Gasteiger partial charge in [-0.25, -0.2) is 18.4 Å². The summed E-state index contributed by atoms with van der Waals surface area (Å²) in [5, 5.41) is 8.39. The fraction of sp³-hybridized carbons (Fsp3) is 0.407. The van der Waals surface area contributed by atoms with Gasteiger partial charge < -0.3 is 14.4 Å². The fourth-order valence-electron chi connectivity index (χ4n) is 5.32. The van der Waals surface area contributed by atoms with Gasteiger partial charge in [0.25, 0.3) is 5.91 Å². The van der Waals surface area contributed by atoms with Gasteiger partial charge in [0.2, 0.25) is 5.13 Å². The van der Waals surface area contributed by atoms with Crippen LogP contribution in [0.4, 0.5) is 15.2 Å². The number of aromatic nitrogens is 4. The number of carbonyl (C=O) groups excluding carboxylic acids is 1. The van der Waals surface area contributed by atoms with Crippen LogP contribution in [0.2, 0.25) is 0 Å². The molecule has 222 valence electrons. The minimum Gasteiger partial charge on any atom is -0.490 e. The third-order valence-corrected chi connectivity index (χ3v) is 9.83. The Balaban J connectivity index is 1.27. The van der Waals surface area contributed by atoms with Gasteiger partial charge in [-0.1, -0.05) is 11.3 Å². The lowest BCUT2D eigenvalue weighted by molar-refractivity contribution is 0.0250. The normalized spacial score (nSPS) is 18.0. The van der Waals surface area contributed by atoms with Crippen molar-refractivity contribution in [1.29, 1.82) is 0 Å². The Hall–Kier alpha value is -3.82. The van der Waals surface area contributed by atoms with Crippen molar-refractivity contribution >= 4 is 43.9 Å². The molecule has 0 radical (unpaired) electrons. The van der Waals surface area contributed by atoms with E-state index in [1.54, 1.807) is 29.7 Å². The second kappa shape index (κ2) is 11.5. The van der Waals surface area contributed by atoms with Gasteiger partial charge in [-0.3, -0.25) is 9.20 Å². The van der Waals surface area contributed by atoms with Crippen LogP contribution < -0.4 is 18.7 Å². The highest BCUT2D eigenvalue weighted by atomic mass is 32.2. The van der Waals surface area contributed by atoms with Crippen molar-refractivity contribution < 1.29 is 27.1 Å². The number of amides is 1. The lowest BCUT2D eigenvalue weighted by atomic mass is 10.0. The number of fused-ring (bicyclic) bond motifs is 1. The molecule has 2 saturated heterocycles. The van der Waals surface area contributed by atoms with Crippen molar-refractivity contribution in [1.82, 2.24) is 24.3 Å². The van der Waals surface area contributed by atoms with Crippen LogP contribution in [0.5, 0.6) is 5.75 Å². The molecule has 1 atom stereocenters. The molecule has 0 aliphatic carbocycles. The molecule has 6 rings (SSSR count). The zero-order valence-corrected chi connectivity index (χ0v) is 24.7. The van der Waals surface area contributed by atoms with E-state index in [-0.39, 0.29) is 28.8 Å². The maximum atomic E-state index is 14.5. The number of hydrogen-bond donors (Lipinski definition) is 1. The molecule has 3 aromatic heterocycles. The van der Waals surface area contributed by atoms with Gasteiger partial charge in [0, 0.05) is 38.2 Å². The van der Waals surface area contributed by atoms with Crippen LogP contribution in [0, 0.1) is 12.7 Å². The molecule has 2 aliphatic heterocycles. The van der Waals surface area contributed by atoms with Gasteiger partial charge in [0.05, 0.1) is 31.1 Å². The van der Waals surface area contributed by atoms with Crippen molar-refractivity contribution in [2.45, 2.75) is 44.8 Å². The van der Waals surface area contributed by atoms with Crippen LogP contribution in [0.3, 0.4) is 0 Å². The van der Waals surface area contributed by atoms with Crippen molar-refractivity contribution in [3.05, 3.63) is 64.8 Å². The van der Waals surface area contributed by atoms with E-state index in [0.717, 1.165) is 52.6 Å². The lowest BCUT2D eigenvalue weighted by Crippen LogP contribution is -2.42. The van der Waals surface area contributed by atoms with E-state index in [1.165, 1.54) is 25.4 Å². The molecular weight excluding hydrogens is 585 g/mol. The molecule has 0 unspecified atom stereocenters. The number of hydrogen-bond acceptors (Lipinski definition) is 10. The van der Waals surface area contributed by atoms with E-state index in [0.29, 0.717) is 36.2 Å². The minimum absolute atomic E-state index is 0.00684. The van der Waals surface area contributed by atoms with Gasteiger partial charge in [-0.15, -0.1) is 10.2 Å². The van der Waals surface area contributed by atoms with Crippen molar-refractivity contribution in [2.24, 2.45) is 0 Å². The van der Waals surface area contributed by atoms with Gasteiger partial charge in [-0.05, 0) is 50.1 Å². The Morgan fingerprint density at radius 3 is 2.76 bits per heavy atom. The average Bonchev–Trinajstić information content (AvgIpc) is 3.73. The van der Waals surface area contributed by atoms with Crippen LogP contribution in [0.15, 0.2) is 42.7 Å². The first kappa shape index (κ1) is 28.3. The Morgan fingerprint density at radius 2 is 2.00 bits per heavy atom. The summed E-state index contributed by atoms with van der Waals surface area (Å²) < 4.78 is 56.6. The number of imidazole rings is 1. The maximum Gasteiger partial charge on any atom is 0.328 e. The summed E-state index contributed by atoms with van der Waals surface area (Å²) in [6.45, 7) is 3.68. The Bertz CT molecular complexity index is 1720. The quantitative estimate of drug-likeness (QED) is 0.316. The highest BCUT2D eigenvalue weighted by Crippen LogP contribution is 2.41. The Labute approximate surface area is 246 Å². The molecule has 0 saturated carbocycles. The smallest absolute Gasteiger partial charge is 0.328 e. The molecule has 1 aromatic carbocycles. The lowest BCUT2D eigenvalue weighted by Gasteiger charge is -2.30. The number of pyridine rings is 1. The molecule has 1 N–H and O–H groups in total. The van der Waals surface area contributed by atoms with Crippen molar-refractivity contribution in [2.75, 3.05) is 36.0 Å². The first-order valence-electron chi connectivity index (χ1n) is 13.6. The fourth-order valence-corrected chi connectivity index (χ4v) is 7.00. The first-order chi connectivity index (χ1) is 20.2. The second-order valence-electron chi connectivity index (χ2n) is 10.2. The molecule has 2 fully saturated rings. The average molecular weight is 616 g/mol. The van der Waals surface area contributed by atoms with Gasteiger partial charge in [-0.2, -0.15) is 8.42 Å². The van der Waals surface area contributed by atoms with E-state index in [4.69, 9.17) is 9.47 Å². The Morgan fingerprint density at radius 1 is 1.19 bits per heavy atom. The summed E-state index contributed by atoms with van der Waals surface area (Å²) in [5.74, 6) is -0.526. The topological polar surface area (TPSA) is 131 Å². The van der Waals surface area contributed by atoms with Crippen LogP contribution in [-0.4, -0.2) is 66.8 Å². The highest BCUT2D eigenvalue weighted by molar-refractivity contribution is 7.91. The van der Waals surface area contributed by atoms with Crippen LogP contribution in [-0.2, 0) is 14.9 Å². The molecule has 5 heterocycles. The van der Waals surface area contributed by atoms with Crippen molar-refractivity contribution in [3.63, 3.8) is 0 Å². The molecule has 4 aromatic rings. The molecular formula is C27H30FN7O5S2. The van der Waals surface area contributed by atoms with Gasteiger partial charge in [0.15, 0.2) is 0 Å². The SMILES string of the molecule is Cc1nnc(N(C)S(=O)(=O)NC(=O)c2cnc3ccc(N4CCC[C@@H]4c4cc(F)ccc4OC4CCOCC4)cn23)s1. The number of ether oxygens (including phenoxy) is 2. The van der Waals surface area contributed by atoms with E-state index in [2.05, 4.69) is 24.8 Å². The van der Waals surface area contributed by atoms with E-state index >= 15 is 0 Å². The number of rotatable bonds is 8. The van der Waals surface area contributed by atoms with Crippen molar-refractivity contribution in [3.8, 4) is 5.75 Å². The maximum absolute atomic E-state index is 14.5. The first-order valence-corrected chi connectivity index (χ1v) is 15.8. The van der Waals surface area contributed by atoms with E-state index < -0.39 is 16.1 Å². The zero-order valence-electron chi connectivity index (χ0n) is 23.1. The second-order valence-corrected chi connectivity index (χ2v) is 13.1. The molecule has 2 aliphatic rings. The minimum atomic E-state index is -4.25. The summed E-state index contributed by atoms with van der Waals surface area (Å²) in [5.41, 5.74) is 2.06. The zero-order chi connectivity index (χ0) is 29.4. The van der Waals surface area contributed by atoms with Crippen LogP contribution >= 0.6 is 11.3 Å². The summed E-state index contributed by atoms with van der Waals surface area (Å²) in [4.78, 5) is 19.6. The number of halogens is 1. The van der Waals surface area contributed by atoms with Crippen LogP contribution in [0.25, 0.3) is 5.65 Å². The monoisotopic (exact) mass is 615 g/mol. The summed E-state index contributed by atoms with van der Waals surface area (Å²) >= 11 is 1.09. The van der Waals surface area contributed by atoms with Gasteiger partial charge in [0.1, 0.15) is 34.0 Å². The number of aryl methyl sites for hydroxylation is 1. The largest absolute Gasteiger partial charge is 0.490 e. The molecule has 1 amide bonds. The van der Waals surface area contributed by atoms with E-state index in [1.807, 2.05) is 6.07 Å². The van der Waals surface area contributed by atoms with Crippen LogP contribution in [0.1, 0.15) is 52.8 Å². The standard InChI is InChI=1S/C27H30FN7O5S2/c1-17-30-31-27(41-17)33(2)42(37,38)32-26(36)23-15-29-25-8-6-19(16-35(23)25)34-11-3-4-22(34)21-14-18(28)5-7-24(21)40-20-9-12-39-13-10-20/h5-8,14-16,20,22H,3-4,9-13H2,1-2H3,(H,32,36)/t22-/m1/s1. The molecule has 0 spiro atoms. The number of anilines is 2. The molecule has 15 heteroatoms. The third-order valence-electron chi connectivity index (χ3n) is 7.47. The number of nitrogens with one attached hydrogen (secondary N) is 1.